The second-order valence-corrected chi connectivity index (χ2v) is 5.57. The number of hydrogen-bond acceptors (Lipinski definition) is 3. The zero-order chi connectivity index (χ0) is 7.07. The first-order valence-corrected chi connectivity index (χ1v) is 5.17. The van der Waals surface area contributed by atoms with E-state index >= 15 is 0 Å². The van der Waals surface area contributed by atoms with Crippen molar-refractivity contribution in [3.63, 3.8) is 0 Å². The molecule has 0 saturated carbocycles. The topological polar surface area (TPSA) is 34.1 Å². The number of sulfone groups is 1. The maximum Gasteiger partial charge on any atom is 0.154 e. The van der Waals surface area contributed by atoms with Crippen LogP contribution in [0.1, 0.15) is 13.3 Å². The van der Waals surface area contributed by atoms with Crippen molar-refractivity contribution in [2.24, 2.45) is 0 Å². The van der Waals surface area contributed by atoms with Crippen LogP contribution in [0.25, 0.3) is 0 Å². The van der Waals surface area contributed by atoms with E-state index in [9.17, 15) is 8.42 Å². The van der Waals surface area contributed by atoms with E-state index in [-0.39, 0.29) is 10.5 Å². The Labute approximate surface area is 61.0 Å². The van der Waals surface area contributed by atoms with E-state index in [4.69, 9.17) is 0 Å². The van der Waals surface area contributed by atoms with Crippen LogP contribution in [0, 0.1) is 0 Å². The van der Waals surface area contributed by atoms with Crippen LogP contribution in [-0.2, 0) is 9.84 Å². The van der Waals surface area contributed by atoms with Gasteiger partial charge in [-0.3, -0.25) is 0 Å². The highest BCUT2D eigenvalue weighted by molar-refractivity contribution is 7.94. The Kier molecular flexibility index (Phi) is 1.78. The van der Waals surface area contributed by atoms with E-state index in [1.54, 1.807) is 6.92 Å². The fourth-order valence-electron chi connectivity index (χ4n) is 0.945. The monoisotopic (exact) mass is 166 g/mol. The van der Waals surface area contributed by atoms with Crippen molar-refractivity contribution in [2.75, 3.05) is 5.75 Å². The summed E-state index contributed by atoms with van der Waals surface area (Å²) in [6.45, 7) is 1.72. The largest absolute Gasteiger partial charge is 0.229 e. The predicted molar refractivity (Wildman–Crippen MR) is 40.6 cm³/mol. The summed E-state index contributed by atoms with van der Waals surface area (Å²) in [5.41, 5.74) is 0. The molecule has 0 aromatic carbocycles. The molecule has 1 saturated heterocycles. The van der Waals surface area contributed by atoms with Gasteiger partial charge in [0.1, 0.15) is 0 Å². The summed E-state index contributed by atoms with van der Waals surface area (Å²) < 4.78 is 21.8. The maximum atomic E-state index is 10.9. The Bertz CT molecular complexity index is 195. The molecule has 2 atom stereocenters. The molecule has 1 heterocycles. The highest BCUT2D eigenvalue weighted by Gasteiger charge is 2.33. The van der Waals surface area contributed by atoms with Gasteiger partial charge in [-0.05, 0) is 13.3 Å². The molecule has 2 unspecified atom stereocenters. The van der Waals surface area contributed by atoms with Gasteiger partial charge < -0.3 is 0 Å². The van der Waals surface area contributed by atoms with Crippen molar-refractivity contribution >= 4 is 22.5 Å². The van der Waals surface area contributed by atoms with Crippen molar-refractivity contribution in [3.8, 4) is 0 Å². The molecule has 0 spiro atoms. The molecule has 1 fully saturated rings. The minimum Gasteiger partial charge on any atom is -0.229 e. The average molecular weight is 166 g/mol. The Balaban J connectivity index is 2.87. The second-order valence-electron chi connectivity index (χ2n) is 2.43. The van der Waals surface area contributed by atoms with Crippen LogP contribution in [0.4, 0.5) is 0 Å². The SMILES string of the molecule is CC1C(S)CCS1(=O)=O. The van der Waals surface area contributed by atoms with Crippen molar-refractivity contribution < 1.29 is 8.42 Å². The molecule has 1 aliphatic heterocycles. The second kappa shape index (κ2) is 2.16. The Morgan fingerprint density at radius 2 is 2.11 bits per heavy atom. The number of thiol groups is 1. The minimum atomic E-state index is -2.75. The Morgan fingerprint density at radius 1 is 1.56 bits per heavy atom. The van der Waals surface area contributed by atoms with Crippen LogP contribution in [-0.4, -0.2) is 24.7 Å². The van der Waals surface area contributed by atoms with E-state index in [1.807, 2.05) is 0 Å². The lowest BCUT2D eigenvalue weighted by atomic mass is 10.3. The molecule has 0 radical (unpaired) electrons. The summed E-state index contributed by atoms with van der Waals surface area (Å²) in [6, 6.07) is 0. The van der Waals surface area contributed by atoms with Crippen LogP contribution in [0.3, 0.4) is 0 Å². The molecule has 2 nitrogen and oxygen atoms in total. The minimum absolute atomic E-state index is 0.0648. The van der Waals surface area contributed by atoms with Crippen LogP contribution in [0.5, 0.6) is 0 Å². The Morgan fingerprint density at radius 3 is 2.22 bits per heavy atom. The fraction of sp³-hybridized carbons (Fsp3) is 1.00. The summed E-state index contributed by atoms with van der Waals surface area (Å²) >= 11 is 4.12. The van der Waals surface area contributed by atoms with Crippen LogP contribution in [0.2, 0.25) is 0 Å². The van der Waals surface area contributed by atoms with E-state index < -0.39 is 9.84 Å². The molecule has 1 aliphatic rings. The molecular weight excluding hydrogens is 156 g/mol. The van der Waals surface area contributed by atoms with Crippen LogP contribution in [0.15, 0.2) is 0 Å². The van der Waals surface area contributed by atoms with Gasteiger partial charge in [0.05, 0.1) is 11.0 Å². The summed E-state index contributed by atoms with van der Waals surface area (Å²) in [4.78, 5) is 0. The third-order valence-corrected chi connectivity index (χ3v) is 4.98. The average Bonchev–Trinajstić information content (AvgIpc) is 1.97. The van der Waals surface area contributed by atoms with Crippen molar-refractivity contribution in [2.45, 2.75) is 23.8 Å². The van der Waals surface area contributed by atoms with E-state index in [0.717, 1.165) is 0 Å². The molecule has 0 aromatic heterocycles. The van der Waals surface area contributed by atoms with Gasteiger partial charge in [-0.15, -0.1) is 0 Å². The highest BCUT2D eigenvalue weighted by atomic mass is 32.2. The van der Waals surface area contributed by atoms with Gasteiger partial charge >= 0.3 is 0 Å². The van der Waals surface area contributed by atoms with E-state index in [1.165, 1.54) is 0 Å². The number of hydrogen-bond donors (Lipinski definition) is 1. The summed E-state index contributed by atoms with van der Waals surface area (Å²) in [6.07, 6.45) is 0.715. The molecular formula is C5H10O2S2. The maximum absolute atomic E-state index is 10.9. The van der Waals surface area contributed by atoms with E-state index in [0.29, 0.717) is 12.2 Å². The first-order chi connectivity index (χ1) is 4.04. The van der Waals surface area contributed by atoms with Gasteiger partial charge in [0.2, 0.25) is 0 Å². The Hall–Kier alpha value is 0.300. The van der Waals surface area contributed by atoms with Gasteiger partial charge in [0, 0.05) is 5.25 Å². The fourth-order valence-corrected chi connectivity index (χ4v) is 3.37. The summed E-state index contributed by atoms with van der Waals surface area (Å²) in [7, 11) is -2.75. The third-order valence-electron chi connectivity index (χ3n) is 1.81. The van der Waals surface area contributed by atoms with E-state index in [2.05, 4.69) is 12.6 Å². The van der Waals surface area contributed by atoms with Gasteiger partial charge in [0.25, 0.3) is 0 Å². The molecule has 1 rings (SSSR count). The van der Waals surface area contributed by atoms with Crippen LogP contribution < -0.4 is 0 Å². The van der Waals surface area contributed by atoms with Gasteiger partial charge in [0.15, 0.2) is 9.84 Å². The molecule has 0 N–H and O–H groups in total. The molecule has 0 aliphatic carbocycles. The van der Waals surface area contributed by atoms with Crippen molar-refractivity contribution in [1.82, 2.24) is 0 Å². The normalized spacial score (nSPS) is 41.1. The zero-order valence-corrected chi connectivity index (χ0v) is 6.95. The van der Waals surface area contributed by atoms with Gasteiger partial charge in [-0.1, -0.05) is 0 Å². The molecule has 0 amide bonds. The third kappa shape index (κ3) is 1.24. The molecule has 4 heteroatoms. The first-order valence-electron chi connectivity index (χ1n) is 2.93. The molecule has 0 aromatic rings. The lowest BCUT2D eigenvalue weighted by Crippen LogP contribution is -2.17. The standard InChI is InChI=1S/C5H10O2S2/c1-4-5(8)2-3-9(4,6)7/h4-5,8H,2-3H2,1H3. The molecule has 9 heavy (non-hydrogen) atoms. The first kappa shape index (κ1) is 7.41. The zero-order valence-electron chi connectivity index (χ0n) is 5.24. The number of rotatable bonds is 0. The highest BCUT2D eigenvalue weighted by Crippen LogP contribution is 2.24. The summed E-state index contributed by atoms with van der Waals surface area (Å²) in [5, 5.41) is -0.171. The summed E-state index contributed by atoms with van der Waals surface area (Å²) in [5.74, 6) is 0.322. The smallest absolute Gasteiger partial charge is 0.154 e. The van der Waals surface area contributed by atoms with Crippen molar-refractivity contribution in [3.05, 3.63) is 0 Å². The van der Waals surface area contributed by atoms with Crippen molar-refractivity contribution in [1.29, 1.82) is 0 Å². The lowest BCUT2D eigenvalue weighted by molar-refractivity contribution is 0.594. The van der Waals surface area contributed by atoms with Gasteiger partial charge in [-0.2, -0.15) is 12.6 Å². The molecule has 0 bridgehead atoms. The van der Waals surface area contributed by atoms with Gasteiger partial charge in [-0.25, -0.2) is 8.42 Å². The predicted octanol–water partition coefficient (Wildman–Crippen LogP) is 0.492. The van der Waals surface area contributed by atoms with Crippen LogP contribution >= 0.6 is 12.6 Å². The molecule has 54 valence electrons. The lowest BCUT2D eigenvalue weighted by Gasteiger charge is -2.04. The quantitative estimate of drug-likeness (QED) is 0.531.